The summed E-state index contributed by atoms with van der Waals surface area (Å²) in [7, 11) is 3.29. The average Bonchev–Trinajstić information content (AvgIpc) is 2.85. The molecule has 0 spiro atoms. The van der Waals surface area contributed by atoms with Crippen molar-refractivity contribution < 1.29 is 19.4 Å². The number of methoxy groups -OCH3 is 1. The Morgan fingerprint density at radius 3 is 2.57 bits per heavy atom. The van der Waals surface area contributed by atoms with Crippen molar-refractivity contribution in [3.05, 3.63) is 35.7 Å². The number of benzene rings is 1. The quantitative estimate of drug-likeness (QED) is 0.779. The highest BCUT2D eigenvalue weighted by molar-refractivity contribution is 5.86. The van der Waals surface area contributed by atoms with Crippen LogP contribution in [0.1, 0.15) is 22.6 Å². The summed E-state index contributed by atoms with van der Waals surface area (Å²) in [6.07, 6.45) is 1.22. The molecular weight excluding hydrogens is 274 g/mol. The molecule has 7 heteroatoms. The average molecular weight is 291 g/mol. The maximum atomic E-state index is 11.0. The Morgan fingerprint density at radius 1 is 1.29 bits per heavy atom. The first-order valence-corrected chi connectivity index (χ1v) is 6.50. The highest BCUT2D eigenvalue weighted by Crippen LogP contribution is 2.17. The third-order valence-electron chi connectivity index (χ3n) is 3.03. The van der Waals surface area contributed by atoms with Gasteiger partial charge in [0.25, 0.3) is 0 Å². The Balaban J connectivity index is 1.84. The lowest BCUT2D eigenvalue weighted by Gasteiger charge is -2.07. The molecule has 112 valence electrons. The van der Waals surface area contributed by atoms with Crippen LogP contribution in [-0.4, -0.2) is 39.8 Å². The van der Waals surface area contributed by atoms with Gasteiger partial charge in [0, 0.05) is 7.05 Å². The second kappa shape index (κ2) is 6.74. The molecule has 0 aliphatic carbocycles. The molecule has 7 nitrogen and oxygen atoms in total. The zero-order chi connectivity index (χ0) is 15.2. The van der Waals surface area contributed by atoms with E-state index in [0.717, 1.165) is 11.5 Å². The van der Waals surface area contributed by atoms with E-state index in [1.807, 2.05) is 24.3 Å². The molecule has 0 saturated heterocycles. The lowest BCUT2D eigenvalue weighted by Crippen LogP contribution is -2.08. The molecule has 0 aliphatic rings. The standard InChI is InChI=1S/C14H17N3O4/c1-17-12(13(14(18)19)15-16-17)4-3-9-21-11-7-5-10(20-2)6-8-11/h5-8H,3-4,9H2,1-2H3,(H,18,19). The van der Waals surface area contributed by atoms with E-state index in [-0.39, 0.29) is 5.69 Å². The predicted molar refractivity (Wildman–Crippen MR) is 74.8 cm³/mol. The van der Waals surface area contributed by atoms with Crippen molar-refractivity contribution in [1.82, 2.24) is 15.0 Å². The van der Waals surface area contributed by atoms with Gasteiger partial charge in [-0.3, -0.25) is 4.68 Å². The fourth-order valence-corrected chi connectivity index (χ4v) is 1.92. The van der Waals surface area contributed by atoms with Gasteiger partial charge in [-0.05, 0) is 37.1 Å². The van der Waals surface area contributed by atoms with Gasteiger partial charge in [-0.25, -0.2) is 4.79 Å². The topological polar surface area (TPSA) is 86.5 Å². The highest BCUT2D eigenvalue weighted by atomic mass is 16.5. The van der Waals surface area contributed by atoms with Crippen LogP contribution in [0.25, 0.3) is 0 Å². The SMILES string of the molecule is COc1ccc(OCCCc2c(C(=O)O)nnn2C)cc1. The van der Waals surface area contributed by atoms with Crippen molar-refractivity contribution in [3.63, 3.8) is 0 Å². The van der Waals surface area contributed by atoms with Gasteiger partial charge in [-0.15, -0.1) is 5.10 Å². The Morgan fingerprint density at radius 2 is 1.95 bits per heavy atom. The summed E-state index contributed by atoms with van der Waals surface area (Å²) in [4.78, 5) is 11.0. The fourth-order valence-electron chi connectivity index (χ4n) is 1.92. The van der Waals surface area contributed by atoms with Crippen molar-refractivity contribution in [1.29, 1.82) is 0 Å². The van der Waals surface area contributed by atoms with E-state index in [0.29, 0.717) is 25.1 Å². The molecular formula is C14H17N3O4. The van der Waals surface area contributed by atoms with Gasteiger partial charge >= 0.3 is 5.97 Å². The van der Waals surface area contributed by atoms with Gasteiger partial charge in [-0.1, -0.05) is 5.21 Å². The molecule has 1 N–H and O–H groups in total. The van der Waals surface area contributed by atoms with E-state index in [1.54, 1.807) is 14.2 Å². The first kappa shape index (κ1) is 14.8. The number of nitrogens with zero attached hydrogens (tertiary/aromatic N) is 3. The van der Waals surface area contributed by atoms with Crippen LogP contribution in [0.15, 0.2) is 24.3 Å². The summed E-state index contributed by atoms with van der Waals surface area (Å²) >= 11 is 0. The number of carbonyl (C=O) groups is 1. The van der Waals surface area contributed by atoms with Crippen LogP contribution < -0.4 is 9.47 Å². The van der Waals surface area contributed by atoms with E-state index in [1.165, 1.54) is 4.68 Å². The summed E-state index contributed by atoms with van der Waals surface area (Å²) in [6.45, 7) is 0.483. The summed E-state index contributed by atoms with van der Waals surface area (Å²) in [6, 6.07) is 7.30. The van der Waals surface area contributed by atoms with Crippen molar-refractivity contribution in [2.24, 2.45) is 7.05 Å². The molecule has 0 bridgehead atoms. The number of aromatic carboxylic acids is 1. The third kappa shape index (κ3) is 3.71. The number of carboxylic acids is 1. The number of carboxylic acid groups (broad SMARTS) is 1. The number of aryl methyl sites for hydroxylation is 1. The maximum Gasteiger partial charge on any atom is 0.358 e. The lowest BCUT2D eigenvalue weighted by atomic mass is 10.2. The van der Waals surface area contributed by atoms with E-state index >= 15 is 0 Å². The van der Waals surface area contributed by atoms with Crippen LogP contribution in [0.2, 0.25) is 0 Å². The van der Waals surface area contributed by atoms with Crippen LogP contribution in [0, 0.1) is 0 Å². The molecule has 1 aromatic carbocycles. The van der Waals surface area contributed by atoms with Gasteiger partial charge in [0.15, 0.2) is 5.69 Å². The summed E-state index contributed by atoms with van der Waals surface area (Å²) in [5.74, 6) is 0.459. The number of aromatic nitrogens is 3. The van der Waals surface area contributed by atoms with Crippen LogP contribution in [0.5, 0.6) is 11.5 Å². The molecule has 1 heterocycles. The third-order valence-corrected chi connectivity index (χ3v) is 3.03. The number of rotatable bonds is 7. The molecule has 1 aromatic heterocycles. The Labute approximate surface area is 122 Å². The van der Waals surface area contributed by atoms with Crippen LogP contribution in [0.3, 0.4) is 0 Å². The van der Waals surface area contributed by atoms with Crippen molar-refractivity contribution in [3.8, 4) is 11.5 Å². The minimum Gasteiger partial charge on any atom is -0.497 e. The zero-order valence-electron chi connectivity index (χ0n) is 11.9. The van der Waals surface area contributed by atoms with E-state index in [2.05, 4.69) is 10.3 Å². The maximum absolute atomic E-state index is 11.0. The highest BCUT2D eigenvalue weighted by Gasteiger charge is 2.16. The van der Waals surface area contributed by atoms with Crippen LogP contribution in [0.4, 0.5) is 0 Å². The second-order valence-electron chi connectivity index (χ2n) is 4.44. The number of hydrogen-bond acceptors (Lipinski definition) is 5. The molecule has 0 amide bonds. The summed E-state index contributed by atoms with van der Waals surface area (Å²) in [5.41, 5.74) is 0.600. The molecule has 0 saturated carbocycles. The monoisotopic (exact) mass is 291 g/mol. The minimum atomic E-state index is -1.06. The smallest absolute Gasteiger partial charge is 0.358 e. The zero-order valence-corrected chi connectivity index (χ0v) is 11.9. The minimum absolute atomic E-state index is 0.00180. The summed E-state index contributed by atoms with van der Waals surface area (Å²) < 4.78 is 12.1. The molecule has 0 radical (unpaired) electrons. The first-order valence-electron chi connectivity index (χ1n) is 6.50. The van der Waals surface area contributed by atoms with Gasteiger partial charge in [0.1, 0.15) is 11.5 Å². The Kier molecular flexibility index (Phi) is 4.76. The van der Waals surface area contributed by atoms with Gasteiger partial charge in [-0.2, -0.15) is 0 Å². The van der Waals surface area contributed by atoms with Gasteiger partial charge in [0.2, 0.25) is 0 Å². The largest absolute Gasteiger partial charge is 0.497 e. The first-order chi connectivity index (χ1) is 10.1. The van der Waals surface area contributed by atoms with Crippen molar-refractivity contribution in [2.75, 3.05) is 13.7 Å². The lowest BCUT2D eigenvalue weighted by molar-refractivity contribution is 0.0689. The number of ether oxygens (including phenoxy) is 2. The molecule has 0 unspecified atom stereocenters. The van der Waals surface area contributed by atoms with E-state index in [4.69, 9.17) is 14.6 Å². The fraction of sp³-hybridized carbons (Fsp3) is 0.357. The van der Waals surface area contributed by atoms with E-state index < -0.39 is 5.97 Å². The molecule has 0 aliphatic heterocycles. The predicted octanol–water partition coefficient (Wildman–Crippen LogP) is 1.53. The number of hydrogen-bond donors (Lipinski definition) is 1. The second-order valence-corrected chi connectivity index (χ2v) is 4.44. The van der Waals surface area contributed by atoms with E-state index in [9.17, 15) is 4.79 Å². The molecule has 0 fully saturated rings. The van der Waals surface area contributed by atoms with Gasteiger partial charge in [0.05, 0.1) is 19.4 Å². The Hall–Kier alpha value is -2.57. The molecule has 2 rings (SSSR count). The Bertz CT molecular complexity index is 607. The van der Waals surface area contributed by atoms with Crippen LogP contribution >= 0.6 is 0 Å². The van der Waals surface area contributed by atoms with Crippen molar-refractivity contribution in [2.45, 2.75) is 12.8 Å². The molecule has 2 aromatic rings. The summed E-state index contributed by atoms with van der Waals surface area (Å²) in [5, 5.41) is 16.4. The van der Waals surface area contributed by atoms with Crippen LogP contribution in [-0.2, 0) is 13.5 Å². The normalized spacial score (nSPS) is 10.4. The molecule has 21 heavy (non-hydrogen) atoms. The van der Waals surface area contributed by atoms with Gasteiger partial charge < -0.3 is 14.6 Å². The van der Waals surface area contributed by atoms with Crippen molar-refractivity contribution >= 4 is 5.97 Å². The molecule has 0 atom stereocenters.